The van der Waals surface area contributed by atoms with Gasteiger partial charge in [-0.15, -0.1) is 0 Å². The zero-order valence-corrected chi connectivity index (χ0v) is 18.2. The molecule has 0 aliphatic carbocycles. The molecule has 5 rings (SSSR count). The van der Waals surface area contributed by atoms with Crippen molar-refractivity contribution in [3.63, 3.8) is 0 Å². The summed E-state index contributed by atoms with van der Waals surface area (Å²) >= 11 is 0. The van der Waals surface area contributed by atoms with Gasteiger partial charge in [0.1, 0.15) is 11.3 Å². The van der Waals surface area contributed by atoms with Gasteiger partial charge in [-0.1, -0.05) is 6.07 Å². The number of hydrogen-bond donors (Lipinski definition) is 1. The Morgan fingerprint density at radius 3 is 2.66 bits per heavy atom. The lowest BCUT2D eigenvalue weighted by Crippen LogP contribution is -2.40. The molecule has 1 fully saturated rings. The van der Waals surface area contributed by atoms with E-state index in [9.17, 15) is 8.42 Å². The standard InChI is InChI=1S/C22H21N5O4S/c1-14-2-3-16(32(28,29)27-6-8-30-9-7-27)11-17(14)15-10-18(21(23)25-12-15)22-26-19-13-24-5-4-20(19)31-22/h2-5,10-13H,6-9H2,1H3,(H2,23,25). The van der Waals surface area contributed by atoms with Crippen LogP contribution in [0.15, 0.2) is 58.2 Å². The first kappa shape index (κ1) is 20.6. The summed E-state index contributed by atoms with van der Waals surface area (Å²) in [5.41, 5.74) is 10.2. The fourth-order valence-corrected chi connectivity index (χ4v) is 5.13. The van der Waals surface area contributed by atoms with E-state index < -0.39 is 10.0 Å². The van der Waals surface area contributed by atoms with Crippen LogP contribution in [-0.4, -0.2) is 54.0 Å². The number of aromatic nitrogens is 3. The van der Waals surface area contributed by atoms with Gasteiger partial charge in [-0.3, -0.25) is 4.98 Å². The van der Waals surface area contributed by atoms with Crippen molar-refractivity contribution in [2.24, 2.45) is 0 Å². The van der Waals surface area contributed by atoms with Crippen LogP contribution >= 0.6 is 0 Å². The number of nitrogens with zero attached hydrogens (tertiary/aromatic N) is 4. The zero-order chi connectivity index (χ0) is 22.3. The smallest absolute Gasteiger partial charge is 0.243 e. The molecule has 1 aliphatic heterocycles. The van der Waals surface area contributed by atoms with E-state index in [0.717, 1.165) is 11.1 Å². The van der Waals surface area contributed by atoms with E-state index in [1.165, 1.54) is 4.31 Å². The predicted octanol–water partition coefficient (Wildman–Crippen LogP) is 2.86. The number of aryl methyl sites for hydroxylation is 1. The number of ether oxygens (including phenoxy) is 1. The third-order valence-electron chi connectivity index (χ3n) is 5.47. The second-order valence-corrected chi connectivity index (χ2v) is 9.45. The van der Waals surface area contributed by atoms with Crippen molar-refractivity contribution in [2.75, 3.05) is 32.0 Å². The highest BCUT2D eigenvalue weighted by atomic mass is 32.2. The lowest BCUT2D eigenvalue weighted by molar-refractivity contribution is 0.0730. The zero-order valence-electron chi connectivity index (χ0n) is 17.4. The van der Waals surface area contributed by atoms with Crippen molar-refractivity contribution in [2.45, 2.75) is 11.8 Å². The van der Waals surface area contributed by atoms with Crippen molar-refractivity contribution in [1.29, 1.82) is 0 Å². The lowest BCUT2D eigenvalue weighted by Gasteiger charge is -2.26. The van der Waals surface area contributed by atoms with E-state index in [1.54, 1.807) is 42.9 Å². The van der Waals surface area contributed by atoms with E-state index >= 15 is 0 Å². The van der Waals surface area contributed by atoms with Gasteiger partial charge in [0.2, 0.25) is 15.9 Å². The molecule has 0 radical (unpaired) electrons. The van der Waals surface area contributed by atoms with Crippen LogP contribution in [0.4, 0.5) is 5.82 Å². The average molecular weight is 452 g/mol. The number of nitrogens with two attached hydrogens (primary N) is 1. The van der Waals surface area contributed by atoms with Gasteiger partial charge in [-0.2, -0.15) is 4.31 Å². The third kappa shape index (κ3) is 3.62. The number of oxazole rings is 1. The van der Waals surface area contributed by atoms with Crippen LogP contribution in [0.25, 0.3) is 33.7 Å². The predicted molar refractivity (Wildman–Crippen MR) is 119 cm³/mol. The molecular formula is C22H21N5O4S. The number of benzene rings is 1. The minimum Gasteiger partial charge on any atom is -0.436 e. The Bertz CT molecular complexity index is 1380. The second-order valence-electron chi connectivity index (χ2n) is 7.51. The highest BCUT2D eigenvalue weighted by Crippen LogP contribution is 2.33. The molecule has 0 saturated carbocycles. The molecule has 0 unspecified atom stereocenters. The Morgan fingerprint density at radius 1 is 1.06 bits per heavy atom. The Labute approximate surface area is 184 Å². The Morgan fingerprint density at radius 2 is 1.88 bits per heavy atom. The van der Waals surface area contributed by atoms with Gasteiger partial charge in [-0.25, -0.2) is 18.4 Å². The summed E-state index contributed by atoms with van der Waals surface area (Å²) in [5.74, 6) is 0.595. The van der Waals surface area contributed by atoms with Crippen molar-refractivity contribution < 1.29 is 17.6 Å². The maximum Gasteiger partial charge on any atom is 0.243 e. The minimum absolute atomic E-state index is 0.228. The van der Waals surface area contributed by atoms with Crippen LogP contribution in [0, 0.1) is 6.92 Å². The number of pyridine rings is 2. The average Bonchev–Trinajstić information content (AvgIpc) is 3.24. The van der Waals surface area contributed by atoms with Crippen LogP contribution in [0.3, 0.4) is 0 Å². The fourth-order valence-electron chi connectivity index (χ4n) is 3.70. The summed E-state index contributed by atoms with van der Waals surface area (Å²) in [6.45, 7) is 3.38. The van der Waals surface area contributed by atoms with E-state index in [-0.39, 0.29) is 10.7 Å². The normalized spacial score (nSPS) is 15.3. The molecule has 1 saturated heterocycles. The fraction of sp³-hybridized carbons (Fsp3) is 0.227. The molecule has 164 valence electrons. The number of sulfonamides is 1. The molecule has 1 aliphatic rings. The summed E-state index contributed by atoms with van der Waals surface area (Å²) in [4.78, 5) is 13.0. The van der Waals surface area contributed by atoms with Crippen LogP contribution in [-0.2, 0) is 14.8 Å². The number of nitrogen functional groups attached to an aromatic ring is 1. The van der Waals surface area contributed by atoms with E-state index in [0.29, 0.717) is 54.4 Å². The van der Waals surface area contributed by atoms with E-state index in [2.05, 4.69) is 15.0 Å². The van der Waals surface area contributed by atoms with Gasteiger partial charge in [-0.05, 0) is 36.2 Å². The summed E-state index contributed by atoms with van der Waals surface area (Å²) in [6, 6.07) is 8.64. The molecule has 1 aromatic carbocycles. The van der Waals surface area contributed by atoms with Gasteiger partial charge in [0.15, 0.2) is 5.58 Å². The Hall–Kier alpha value is -3.34. The number of fused-ring (bicyclic) bond motifs is 1. The van der Waals surface area contributed by atoms with Crippen LogP contribution in [0.2, 0.25) is 0 Å². The highest BCUT2D eigenvalue weighted by molar-refractivity contribution is 7.89. The molecule has 0 bridgehead atoms. The first-order valence-corrected chi connectivity index (χ1v) is 11.5. The highest BCUT2D eigenvalue weighted by Gasteiger charge is 2.27. The van der Waals surface area contributed by atoms with E-state index in [4.69, 9.17) is 14.9 Å². The molecular weight excluding hydrogens is 430 g/mol. The monoisotopic (exact) mass is 451 g/mol. The van der Waals surface area contributed by atoms with Crippen LogP contribution < -0.4 is 5.73 Å². The maximum atomic E-state index is 13.1. The van der Waals surface area contributed by atoms with Crippen molar-refractivity contribution >= 4 is 26.9 Å². The molecule has 3 aromatic heterocycles. The lowest BCUT2D eigenvalue weighted by atomic mass is 10.0. The molecule has 0 atom stereocenters. The number of morpholine rings is 1. The molecule has 4 aromatic rings. The first-order chi connectivity index (χ1) is 15.4. The molecule has 2 N–H and O–H groups in total. The maximum absolute atomic E-state index is 13.1. The number of anilines is 1. The summed E-state index contributed by atoms with van der Waals surface area (Å²) in [5, 5.41) is 0. The Kier molecular flexibility index (Phi) is 5.12. The Balaban J connectivity index is 1.58. The van der Waals surface area contributed by atoms with Gasteiger partial charge in [0, 0.05) is 37.1 Å². The number of hydrogen-bond acceptors (Lipinski definition) is 8. The minimum atomic E-state index is -3.63. The topological polar surface area (TPSA) is 124 Å². The van der Waals surface area contributed by atoms with Gasteiger partial charge >= 0.3 is 0 Å². The summed E-state index contributed by atoms with van der Waals surface area (Å²) in [6.07, 6.45) is 4.86. The quantitative estimate of drug-likeness (QED) is 0.502. The second kappa shape index (κ2) is 7.97. The van der Waals surface area contributed by atoms with Crippen molar-refractivity contribution in [3.05, 3.63) is 54.5 Å². The van der Waals surface area contributed by atoms with Crippen molar-refractivity contribution in [1.82, 2.24) is 19.3 Å². The van der Waals surface area contributed by atoms with Crippen LogP contribution in [0.5, 0.6) is 0 Å². The first-order valence-electron chi connectivity index (χ1n) is 10.1. The third-order valence-corrected chi connectivity index (χ3v) is 7.36. The molecule has 0 amide bonds. The molecule has 32 heavy (non-hydrogen) atoms. The van der Waals surface area contributed by atoms with Crippen LogP contribution in [0.1, 0.15) is 5.56 Å². The summed E-state index contributed by atoms with van der Waals surface area (Å²) in [7, 11) is -3.63. The van der Waals surface area contributed by atoms with Gasteiger partial charge in [0.05, 0.1) is 29.9 Å². The molecule has 10 heteroatoms. The summed E-state index contributed by atoms with van der Waals surface area (Å²) < 4.78 is 38.8. The largest absolute Gasteiger partial charge is 0.436 e. The molecule has 0 spiro atoms. The SMILES string of the molecule is Cc1ccc(S(=O)(=O)N2CCOCC2)cc1-c1cnc(N)c(-c2nc3cnccc3o2)c1. The van der Waals surface area contributed by atoms with Gasteiger partial charge in [0.25, 0.3) is 0 Å². The number of rotatable bonds is 4. The van der Waals surface area contributed by atoms with Gasteiger partial charge < -0.3 is 14.9 Å². The molecule has 4 heterocycles. The van der Waals surface area contributed by atoms with E-state index in [1.807, 2.05) is 13.0 Å². The molecule has 9 nitrogen and oxygen atoms in total. The van der Waals surface area contributed by atoms with Crippen molar-refractivity contribution in [3.8, 4) is 22.6 Å².